The molecule has 1 aliphatic rings. The predicted octanol–water partition coefficient (Wildman–Crippen LogP) is 0.745. The van der Waals surface area contributed by atoms with E-state index >= 15 is 0 Å². The molecule has 0 N–H and O–H groups in total. The lowest BCUT2D eigenvalue weighted by molar-refractivity contribution is -0.136. The molecular formula is C14H22N2O4S. The van der Waals surface area contributed by atoms with Gasteiger partial charge in [-0.05, 0) is 32.5 Å². The van der Waals surface area contributed by atoms with Crippen LogP contribution in [-0.4, -0.2) is 61.8 Å². The first-order valence-electron chi connectivity index (χ1n) is 7.00. The fraction of sp³-hybridized carbons (Fsp3) is 0.643. The van der Waals surface area contributed by atoms with Crippen LogP contribution < -0.4 is 0 Å². The van der Waals surface area contributed by atoms with Gasteiger partial charge in [0.15, 0.2) is 9.84 Å². The van der Waals surface area contributed by atoms with Crippen molar-refractivity contribution < 1.29 is 17.6 Å². The minimum absolute atomic E-state index is 0.0637. The number of hydrogen-bond donors (Lipinski definition) is 0. The Labute approximate surface area is 125 Å². The van der Waals surface area contributed by atoms with Crippen LogP contribution in [0.5, 0.6) is 0 Å². The lowest BCUT2D eigenvalue weighted by Crippen LogP contribution is -2.48. The van der Waals surface area contributed by atoms with E-state index in [9.17, 15) is 13.2 Å². The molecule has 6 nitrogen and oxygen atoms in total. The van der Waals surface area contributed by atoms with E-state index in [1.54, 1.807) is 18.2 Å². The van der Waals surface area contributed by atoms with Gasteiger partial charge in [-0.25, -0.2) is 8.42 Å². The van der Waals surface area contributed by atoms with Gasteiger partial charge in [0.25, 0.3) is 0 Å². The number of hydrogen-bond acceptors (Lipinski definition) is 5. The van der Waals surface area contributed by atoms with E-state index < -0.39 is 9.84 Å². The van der Waals surface area contributed by atoms with Gasteiger partial charge in [-0.3, -0.25) is 9.69 Å². The average molecular weight is 314 g/mol. The van der Waals surface area contributed by atoms with Crippen LogP contribution in [0.15, 0.2) is 22.8 Å². The first-order valence-corrected chi connectivity index (χ1v) is 8.82. The molecular weight excluding hydrogens is 292 g/mol. The second kappa shape index (κ2) is 6.19. The zero-order chi connectivity index (χ0) is 15.6. The summed E-state index contributed by atoms with van der Waals surface area (Å²) >= 11 is 0. The fourth-order valence-corrected chi connectivity index (χ4v) is 4.30. The van der Waals surface area contributed by atoms with Crippen molar-refractivity contribution in [1.29, 1.82) is 0 Å². The van der Waals surface area contributed by atoms with E-state index in [1.807, 2.05) is 31.0 Å². The van der Waals surface area contributed by atoms with Gasteiger partial charge in [0.2, 0.25) is 5.91 Å². The van der Waals surface area contributed by atoms with E-state index in [-0.39, 0.29) is 29.5 Å². The van der Waals surface area contributed by atoms with Gasteiger partial charge in [-0.15, -0.1) is 0 Å². The van der Waals surface area contributed by atoms with Crippen molar-refractivity contribution in [2.24, 2.45) is 0 Å². The number of sulfone groups is 1. The summed E-state index contributed by atoms with van der Waals surface area (Å²) in [4.78, 5) is 15.9. The van der Waals surface area contributed by atoms with E-state index in [0.29, 0.717) is 13.0 Å². The van der Waals surface area contributed by atoms with Crippen molar-refractivity contribution in [1.82, 2.24) is 9.80 Å². The molecule has 1 saturated heterocycles. The first-order chi connectivity index (χ1) is 9.80. The number of likely N-dealkylation sites (N-methyl/N-ethyl adjacent to an activating group) is 2. The monoisotopic (exact) mass is 314 g/mol. The molecule has 0 saturated carbocycles. The lowest BCUT2D eigenvalue weighted by atomic mass is 10.2. The lowest BCUT2D eigenvalue weighted by Gasteiger charge is -2.30. The van der Waals surface area contributed by atoms with Gasteiger partial charge in [0.05, 0.1) is 30.4 Å². The Kier molecular flexibility index (Phi) is 4.73. The van der Waals surface area contributed by atoms with Gasteiger partial charge >= 0.3 is 0 Å². The highest BCUT2D eigenvalue weighted by Crippen LogP contribution is 2.18. The van der Waals surface area contributed by atoms with E-state index in [0.717, 1.165) is 5.76 Å². The molecule has 1 aromatic rings. The van der Waals surface area contributed by atoms with E-state index in [1.165, 1.54) is 0 Å². The van der Waals surface area contributed by atoms with Crippen LogP contribution in [0.25, 0.3) is 0 Å². The van der Waals surface area contributed by atoms with Crippen LogP contribution in [0.2, 0.25) is 0 Å². The molecule has 1 fully saturated rings. The highest BCUT2D eigenvalue weighted by molar-refractivity contribution is 7.91. The smallest absolute Gasteiger partial charge is 0.239 e. The van der Waals surface area contributed by atoms with Gasteiger partial charge in [0, 0.05) is 13.1 Å². The average Bonchev–Trinajstić information content (AvgIpc) is 3.05. The second-order valence-corrected chi connectivity index (χ2v) is 7.91. The normalized spacial score (nSPS) is 22.4. The zero-order valence-corrected chi connectivity index (χ0v) is 13.5. The molecule has 1 amide bonds. The molecule has 0 bridgehead atoms. The molecule has 1 aromatic heterocycles. The maximum atomic E-state index is 12.5. The molecule has 21 heavy (non-hydrogen) atoms. The highest BCUT2D eigenvalue weighted by Gasteiger charge is 2.34. The largest absolute Gasteiger partial charge is 0.468 e. The summed E-state index contributed by atoms with van der Waals surface area (Å²) in [5, 5.41) is 0. The summed E-state index contributed by atoms with van der Waals surface area (Å²) < 4.78 is 28.3. The molecule has 118 valence electrons. The third kappa shape index (κ3) is 3.85. The summed E-state index contributed by atoms with van der Waals surface area (Å²) in [6.07, 6.45) is 2.13. The number of nitrogens with zero attached hydrogens (tertiary/aromatic N) is 2. The molecule has 1 aliphatic heterocycles. The molecule has 0 aromatic carbocycles. The summed E-state index contributed by atoms with van der Waals surface area (Å²) in [5.41, 5.74) is 0. The Balaban J connectivity index is 1.95. The zero-order valence-electron chi connectivity index (χ0n) is 12.7. The minimum Gasteiger partial charge on any atom is -0.468 e. The number of carbonyl (C=O) groups is 1. The summed E-state index contributed by atoms with van der Waals surface area (Å²) in [7, 11) is 0.554. The molecule has 0 spiro atoms. The van der Waals surface area contributed by atoms with Crippen molar-refractivity contribution in [2.45, 2.75) is 32.0 Å². The number of carbonyl (C=O) groups excluding carboxylic acids is 1. The minimum atomic E-state index is -2.98. The Bertz CT molecular complexity index is 582. The van der Waals surface area contributed by atoms with Gasteiger partial charge < -0.3 is 9.32 Å². The molecule has 0 radical (unpaired) electrons. The first kappa shape index (κ1) is 16.0. The third-order valence-electron chi connectivity index (χ3n) is 4.11. The Morgan fingerprint density at radius 2 is 2.19 bits per heavy atom. The molecule has 2 heterocycles. The van der Waals surface area contributed by atoms with Crippen LogP contribution in [-0.2, 0) is 21.2 Å². The topological polar surface area (TPSA) is 70.8 Å². The summed E-state index contributed by atoms with van der Waals surface area (Å²) in [5.74, 6) is 0.977. The van der Waals surface area contributed by atoms with Gasteiger partial charge in [-0.1, -0.05) is 0 Å². The second-order valence-electron chi connectivity index (χ2n) is 5.68. The Morgan fingerprint density at radius 3 is 2.71 bits per heavy atom. The van der Waals surface area contributed by atoms with Crippen LogP contribution in [0, 0.1) is 0 Å². The van der Waals surface area contributed by atoms with E-state index in [2.05, 4.69) is 0 Å². The van der Waals surface area contributed by atoms with Crippen LogP contribution in [0.4, 0.5) is 0 Å². The van der Waals surface area contributed by atoms with Gasteiger partial charge in [-0.2, -0.15) is 0 Å². The van der Waals surface area contributed by atoms with Crippen LogP contribution >= 0.6 is 0 Å². The standard InChI is InChI=1S/C14H22N2O4S/c1-11(15(2)9-13-5-4-7-20-13)14(17)16(3)12-6-8-21(18,19)10-12/h4-5,7,11-12H,6,8-10H2,1-3H3/t11-,12-/m1/s1. The number of amides is 1. The number of furan rings is 1. The third-order valence-corrected chi connectivity index (χ3v) is 5.86. The van der Waals surface area contributed by atoms with Crippen molar-refractivity contribution in [3.8, 4) is 0 Å². The van der Waals surface area contributed by atoms with Crippen molar-refractivity contribution in [2.75, 3.05) is 25.6 Å². The fourth-order valence-electron chi connectivity index (χ4n) is 2.53. The number of rotatable bonds is 5. The molecule has 0 aliphatic carbocycles. The van der Waals surface area contributed by atoms with Crippen molar-refractivity contribution >= 4 is 15.7 Å². The maximum Gasteiger partial charge on any atom is 0.239 e. The molecule has 7 heteroatoms. The molecule has 2 rings (SSSR count). The van der Waals surface area contributed by atoms with E-state index in [4.69, 9.17) is 4.42 Å². The van der Waals surface area contributed by atoms with Crippen molar-refractivity contribution in [3.05, 3.63) is 24.2 Å². The summed E-state index contributed by atoms with van der Waals surface area (Å²) in [6.45, 7) is 2.36. The summed E-state index contributed by atoms with van der Waals surface area (Å²) in [6, 6.07) is 3.14. The van der Waals surface area contributed by atoms with Gasteiger partial charge in [0.1, 0.15) is 5.76 Å². The molecule has 0 unspecified atom stereocenters. The highest BCUT2D eigenvalue weighted by atomic mass is 32.2. The SMILES string of the molecule is C[C@H](C(=O)N(C)[C@@H]1CCS(=O)(=O)C1)N(C)Cc1ccco1. The predicted molar refractivity (Wildman–Crippen MR) is 79.5 cm³/mol. The molecule has 2 atom stereocenters. The Morgan fingerprint density at radius 1 is 1.48 bits per heavy atom. The van der Waals surface area contributed by atoms with Crippen LogP contribution in [0.3, 0.4) is 0 Å². The Hall–Kier alpha value is -1.34. The van der Waals surface area contributed by atoms with Crippen molar-refractivity contribution in [3.63, 3.8) is 0 Å². The van der Waals surface area contributed by atoms with Crippen LogP contribution in [0.1, 0.15) is 19.1 Å². The maximum absolute atomic E-state index is 12.5. The quantitative estimate of drug-likeness (QED) is 0.802.